The van der Waals surface area contributed by atoms with Gasteiger partial charge < -0.3 is 14.5 Å². The maximum absolute atomic E-state index is 12.8. The molecule has 2 aromatic rings. The zero-order chi connectivity index (χ0) is 18.9. The first-order valence-electron chi connectivity index (χ1n) is 10.4. The number of anilines is 1. The average molecular weight is 378 g/mol. The number of benzene rings is 1. The Balaban J connectivity index is 1.52. The van der Waals surface area contributed by atoms with Gasteiger partial charge in [-0.05, 0) is 12.8 Å². The molecule has 3 aliphatic rings. The van der Waals surface area contributed by atoms with Crippen molar-refractivity contribution < 1.29 is 9.53 Å². The zero-order valence-corrected chi connectivity index (χ0v) is 16.1. The molecule has 2 aliphatic heterocycles. The predicted molar refractivity (Wildman–Crippen MR) is 107 cm³/mol. The Morgan fingerprint density at radius 2 is 1.82 bits per heavy atom. The summed E-state index contributed by atoms with van der Waals surface area (Å²) < 4.78 is 5.54. The molecular formula is C22H26N4O2. The topological polar surface area (TPSA) is 58.6 Å². The second-order valence-corrected chi connectivity index (χ2v) is 7.90. The van der Waals surface area contributed by atoms with Crippen LogP contribution in [0.4, 0.5) is 5.82 Å². The molecule has 0 bridgehead atoms. The van der Waals surface area contributed by atoms with Crippen molar-refractivity contribution in [2.75, 3.05) is 37.7 Å². The van der Waals surface area contributed by atoms with Gasteiger partial charge in [0.1, 0.15) is 5.82 Å². The first-order valence-corrected chi connectivity index (χ1v) is 10.4. The molecule has 5 rings (SSSR count). The van der Waals surface area contributed by atoms with Gasteiger partial charge in [0.05, 0.1) is 25.5 Å². The summed E-state index contributed by atoms with van der Waals surface area (Å²) in [6.07, 6.45) is 4.07. The Morgan fingerprint density at radius 3 is 2.54 bits per heavy atom. The smallest absolute Gasteiger partial charge is 0.225 e. The highest BCUT2D eigenvalue weighted by Crippen LogP contribution is 2.33. The van der Waals surface area contributed by atoms with Crippen molar-refractivity contribution in [3.05, 3.63) is 41.6 Å². The Morgan fingerprint density at radius 1 is 1.04 bits per heavy atom. The van der Waals surface area contributed by atoms with Crippen LogP contribution in [0.15, 0.2) is 30.3 Å². The maximum Gasteiger partial charge on any atom is 0.225 e. The van der Waals surface area contributed by atoms with Gasteiger partial charge in [-0.2, -0.15) is 0 Å². The number of aromatic nitrogens is 2. The SMILES string of the molecule is O=C(C1CCC1)N1CCc2nc(-c3ccccc3)nc(N3CCOCC3)c2C1. The Hall–Kier alpha value is -2.47. The molecule has 1 aromatic carbocycles. The Bertz CT molecular complexity index is 860. The van der Waals surface area contributed by atoms with E-state index in [1.807, 2.05) is 23.1 Å². The van der Waals surface area contributed by atoms with E-state index in [1.165, 1.54) is 6.42 Å². The van der Waals surface area contributed by atoms with Gasteiger partial charge in [0.2, 0.25) is 5.91 Å². The number of hydrogen-bond donors (Lipinski definition) is 0. The minimum atomic E-state index is 0.234. The Kier molecular flexibility index (Phi) is 4.72. The number of ether oxygens (including phenoxy) is 1. The zero-order valence-electron chi connectivity index (χ0n) is 16.1. The van der Waals surface area contributed by atoms with E-state index in [-0.39, 0.29) is 5.92 Å². The number of fused-ring (bicyclic) bond motifs is 1. The quantitative estimate of drug-likeness (QED) is 0.822. The lowest BCUT2D eigenvalue weighted by molar-refractivity contribution is -0.139. The number of amides is 1. The average Bonchev–Trinajstić information content (AvgIpc) is 2.72. The molecule has 0 unspecified atom stereocenters. The summed E-state index contributed by atoms with van der Waals surface area (Å²) in [5, 5.41) is 0. The van der Waals surface area contributed by atoms with Crippen LogP contribution in [0.5, 0.6) is 0 Å². The lowest BCUT2D eigenvalue weighted by Crippen LogP contribution is -2.44. The van der Waals surface area contributed by atoms with Crippen molar-refractivity contribution in [3.63, 3.8) is 0 Å². The van der Waals surface area contributed by atoms with Crippen molar-refractivity contribution >= 4 is 11.7 Å². The molecule has 1 aromatic heterocycles. The summed E-state index contributed by atoms with van der Waals surface area (Å²) in [4.78, 5) is 27.0. The van der Waals surface area contributed by atoms with Gasteiger partial charge in [-0.3, -0.25) is 4.79 Å². The number of carbonyl (C=O) groups excluding carboxylic acids is 1. The van der Waals surface area contributed by atoms with Crippen LogP contribution in [0.1, 0.15) is 30.5 Å². The van der Waals surface area contributed by atoms with E-state index in [2.05, 4.69) is 17.0 Å². The van der Waals surface area contributed by atoms with Crippen molar-refractivity contribution in [2.24, 2.45) is 5.92 Å². The third-order valence-corrected chi connectivity index (χ3v) is 6.15. The van der Waals surface area contributed by atoms with Crippen molar-refractivity contribution in [3.8, 4) is 11.4 Å². The molecule has 0 atom stereocenters. The summed E-state index contributed by atoms with van der Waals surface area (Å²) in [6.45, 7) is 4.47. The summed E-state index contributed by atoms with van der Waals surface area (Å²) in [5.74, 6) is 2.31. The molecule has 6 nitrogen and oxygen atoms in total. The molecule has 1 saturated heterocycles. The first kappa shape index (κ1) is 17.6. The monoisotopic (exact) mass is 378 g/mol. The Labute approximate surface area is 165 Å². The van der Waals surface area contributed by atoms with Crippen molar-refractivity contribution in [1.82, 2.24) is 14.9 Å². The second-order valence-electron chi connectivity index (χ2n) is 7.90. The summed E-state index contributed by atoms with van der Waals surface area (Å²) >= 11 is 0. The van der Waals surface area contributed by atoms with Crippen LogP contribution in [-0.4, -0.2) is 53.6 Å². The van der Waals surface area contributed by atoms with Crippen LogP contribution >= 0.6 is 0 Å². The second kappa shape index (κ2) is 7.51. The summed E-state index contributed by atoms with van der Waals surface area (Å²) in [6, 6.07) is 10.2. The van der Waals surface area contributed by atoms with Gasteiger partial charge in [-0.1, -0.05) is 36.8 Å². The van der Waals surface area contributed by atoms with E-state index in [0.717, 1.165) is 67.4 Å². The fraction of sp³-hybridized carbons (Fsp3) is 0.500. The van der Waals surface area contributed by atoms with E-state index in [4.69, 9.17) is 14.7 Å². The van der Waals surface area contributed by atoms with Gasteiger partial charge >= 0.3 is 0 Å². The standard InChI is InChI=1S/C22H26N4O2/c27-22(17-7-4-8-17)26-10-9-19-18(15-26)21(25-11-13-28-14-12-25)24-20(23-19)16-5-2-1-3-6-16/h1-3,5-6,17H,4,7-15H2. The molecule has 0 spiro atoms. The molecule has 146 valence electrons. The fourth-order valence-electron chi connectivity index (χ4n) is 4.25. The third-order valence-electron chi connectivity index (χ3n) is 6.15. The van der Waals surface area contributed by atoms with Crippen LogP contribution < -0.4 is 4.90 Å². The van der Waals surface area contributed by atoms with E-state index in [0.29, 0.717) is 25.7 Å². The number of nitrogens with zero attached hydrogens (tertiary/aromatic N) is 4. The van der Waals surface area contributed by atoms with Crippen LogP contribution in [0.2, 0.25) is 0 Å². The summed E-state index contributed by atoms with van der Waals surface area (Å²) in [7, 11) is 0. The molecule has 3 heterocycles. The van der Waals surface area contributed by atoms with Crippen LogP contribution in [0, 0.1) is 5.92 Å². The molecule has 1 saturated carbocycles. The highest BCUT2D eigenvalue weighted by molar-refractivity contribution is 5.80. The largest absolute Gasteiger partial charge is 0.378 e. The van der Waals surface area contributed by atoms with Crippen LogP contribution in [0.25, 0.3) is 11.4 Å². The highest BCUT2D eigenvalue weighted by Gasteiger charge is 2.33. The first-order chi connectivity index (χ1) is 13.8. The van der Waals surface area contributed by atoms with Gasteiger partial charge in [-0.25, -0.2) is 9.97 Å². The molecule has 0 N–H and O–H groups in total. The lowest BCUT2D eigenvalue weighted by atomic mass is 9.84. The highest BCUT2D eigenvalue weighted by atomic mass is 16.5. The number of carbonyl (C=O) groups is 1. The van der Waals surface area contributed by atoms with E-state index in [1.54, 1.807) is 0 Å². The predicted octanol–water partition coefficient (Wildman–Crippen LogP) is 2.67. The minimum Gasteiger partial charge on any atom is -0.378 e. The van der Waals surface area contributed by atoms with E-state index in [9.17, 15) is 4.79 Å². The molecule has 0 radical (unpaired) electrons. The normalized spacial score (nSPS) is 19.9. The van der Waals surface area contributed by atoms with E-state index < -0.39 is 0 Å². The van der Waals surface area contributed by atoms with Gasteiger partial charge in [0.25, 0.3) is 0 Å². The van der Waals surface area contributed by atoms with Crippen molar-refractivity contribution in [2.45, 2.75) is 32.2 Å². The number of morpholine rings is 1. The molecule has 1 aliphatic carbocycles. The molecule has 6 heteroatoms. The van der Waals surface area contributed by atoms with Crippen LogP contribution in [0.3, 0.4) is 0 Å². The maximum atomic E-state index is 12.8. The van der Waals surface area contributed by atoms with Gasteiger partial charge in [0, 0.05) is 43.1 Å². The lowest BCUT2D eigenvalue weighted by Gasteiger charge is -2.37. The molecule has 1 amide bonds. The van der Waals surface area contributed by atoms with Crippen molar-refractivity contribution in [1.29, 1.82) is 0 Å². The fourth-order valence-corrected chi connectivity index (χ4v) is 4.25. The molecular weight excluding hydrogens is 352 g/mol. The number of hydrogen-bond acceptors (Lipinski definition) is 5. The van der Waals surface area contributed by atoms with Gasteiger partial charge in [0.15, 0.2) is 5.82 Å². The minimum absolute atomic E-state index is 0.234. The number of rotatable bonds is 3. The third kappa shape index (κ3) is 3.26. The molecule has 28 heavy (non-hydrogen) atoms. The van der Waals surface area contributed by atoms with Crippen LogP contribution in [-0.2, 0) is 22.5 Å². The van der Waals surface area contributed by atoms with Gasteiger partial charge in [-0.15, -0.1) is 0 Å². The van der Waals surface area contributed by atoms with E-state index >= 15 is 0 Å². The molecule has 2 fully saturated rings. The summed E-state index contributed by atoms with van der Waals surface area (Å²) in [5.41, 5.74) is 3.25.